The van der Waals surface area contributed by atoms with Crippen molar-refractivity contribution in [3.8, 4) is 0 Å². The van der Waals surface area contributed by atoms with Crippen molar-refractivity contribution in [3.05, 3.63) is 21.4 Å². The van der Waals surface area contributed by atoms with Crippen molar-refractivity contribution in [1.29, 1.82) is 0 Å². The SMILES string of the molecule is CC(=O)CC1CCCCCN1C(=O)c1cc(C)c(C)s1. The maximum absolute atomic E-state index is 12.7. The molecule has 3 nitrogen and oxygen atoms in total. The van der Waals surface area contributed by atoms with Crippen molar-refractivity contribution in [1.82, 2.24) is 4.90 Å². The van der Waals surface area contributed by atoms with Gasteiger partial charge in [-0.3, -0.25) is 9.59 Å². The minimum Gasteiger partial charge on any atom is -0.335 e. The fraction of sp³-hybridized carbons (Fsp3) is 0.625. The standard InChI is InChI=1S/C16H23NO2S/c1-11-9-15(20-13(11)3)16(19)17-8-6-4-5-7-14(17)10-12(2)18/h9,14H,4-8,10H2,1-3H3. The van der Waals surface area contributed by atoms with Crippen LogP contribution in [0.5, 0.6) is 0 Å². The van der Waals surface area contributed by atoms with Crippen LogP contribution in [-0.4, -0.2) is 29.2 Å². The van der Waals surface area contributed by atoms with E-state index in [1.807, 2.05) is 24.8 Å². The first-order valence-corrected chi connectivity index (χ1v) is 8.18. The Labute approximate surface area is 125 Å². The smallest absolute Gasteiger partial charge is 0.264 e. The van der Waals surface area contributed by atoms with Crippen LogP contribution in [-0.2, 0) is 4.79 Å². The highest BCUT2D eigenvalue weighted by Gasteiger charge is 2.28. The lowest BCUT2D eigenvalue weighted by Crippen LogP contribution is -2.40. The number of nitrogens with zero attached hydrogens (tertiary/aromatic N) is 1. The largest absolute Gasteiger partial charge is 0.335 e. The van der Waals surface area contributed by atoms with Gasteiger partial charge in [0.2, 0.25) is 0 Å². The Hall–Kier alpha value is -1.16. The molecule has 1 atom stereocenters. The Kier molecular flexibility index (Phi) is 4.97. The van der Waals surface area contributed by atoms with E-state index in [9.17, 15) is 9.59 Å². The van der Waals surface area contributed by atoms with E-state index in [1.54, 1.807) is 18.3 Å². The van der Waals surface area contributed by atoms with Gasteiger partial charge in [0.05, 0.1) is 4.88 Å². The summed E-state index contributed by atoms with van der Waals surface area (Å²) in [5.41, 5.74) is 1.18. The van der Waals surface area contributed by atoms with Gasteiger partial charge in [0, 0.05) is 23.9 Å². The monoisotopic (exact) mass is 293 g/mol. The predicted molar refractivity (Wildman–Crippen MR) is 82.4 cm³/mol. The van der Waals surface area contributed by atoms with Gasteiger partial charge in [0.15, 0.2) is 0 Å². The van der Waals surface area contributed by atoms with Crippen LogP contribution in [0.2, 0.25) is 0 Å². The van der Waals surface area contributed by atoms with Crippen LogP contribution in [0.1, 0.15) is 59.1 Å². The van der Waals surface area contributed by atoms with Crippen LogP contribution >= 0.6 is 11.3 Å². The number of aryl methyl sites for hydroxylation is 2. The zero-order valence-corrected chi connectivity index (χ0v) is 13.4. The molecule has 110 valence electrons. The molecule has 1 aromatic heterocycles. The molecule has 1 amide bonds. The molecular formula is C16H23NO2S. The average Bonchev–Trinajstić information content (AvgIpc) is 2.60. The number of rotatable bonds is 3. The van der Waals surface area contributed by atoms with Crippen molar-refractivity contribution in [2.45, 2.75) is 58.9 Å². The summed E-state index contributed by atoms with van der Waals surface area (Å²) in [5.74, 6) is 0.285. The maximum atomic E-state index is 12.7. The summed E-state index contributed by atoms with van der Waals surface area (Å²) in [6, 6.07) is 2.07. The molecule has 1 fully saturated rings. The van der Waals surface area contributed by atoms with Gasteiger partial charge in [-0.15, -0.1) is 11.3 Å². The fourth-order valence-corrected chi connectivity index (χ4v) is 3.80. The predicted octanol–water partition coefficient (Wildman–Crippen LogP) is 3.73. The molecule has 20 heavy (non-hydrogen) atoms. The quantitative estimate of drug-likeness (QED) is 0.851. The molecule has 0 bridgehead atoms. The van der Waals surface area contributed by atoms with Crippen LogP contribution in [0, 0.1) is 13.8 Å². The van der Waals surface area contributed by atoms with Crippen LogP contribution < -0.4 is 0 Å². The lowest BCUT2D eigenvalue weighted by molar-refractivity contribution is -0.118. The number of Topliss-reactive ketones (excluding diaryl/α,β-unsaturated/α-hetero) is 1. The zero-order valence-electron chi connectivity index (χ0n) is 12.6. The van der Waals surface area contributed by atoms with Crippen molar-refractivity contribution in [3.63, 3.8) is 0 Å². The highest BCUT2D eigenvalue weighted by Crippen LogP contribution is 2.26. The van der Waals surface area contributed by atoms with E-state index in [1.165, 1.54) is 10.4 Å². The molecule has 0 aromatic carbocycles. The summed E-state index contributed by atoms with van der Waals surface area (Å²) >= 11 is 1.57. The van der Waals surface area contributed by atoms with Gasteiger partial charge in [-0.1, -0.05) is 12.8 Å². The van der Waals surface area contributed by atoms with Crippen molar-refractivity contribution in [2.75, 3.05) is 6.54 Å². The Morgan fingerprint density at radius 2 is 2.05 bits per heavy atom. The molecule has 0 aliphatic carbocycles. The number of carbonyl (C=O) groups is 2. The minimum absolute atomic E-state index is 0.0882. The highest BCUT2D eigenvalue weighted by molar-refractivity contribution is 7.14. The van der Waals surface area contributed by atoms with E-state index in [0.29, 0.717) is 6.42 Å². The number of hydrogen-bond acceptors (Lipinski definition) is 3. The average molecular weight is 293 g/mol. The molecule has 0 saturated carbocycles. The second-order valence-electron chi connectivity index (χ2n) is 5.76. The van der Waals surface area contributed by atoms with E-state index in [0.717, 1.165) is 37.1 Å². The normalized spacial score (nSPS) is 19.8. The molecule has 1 aromatic rings. The summed E-state index contributed by atoms with van der Waals surface area (Å²) in [5, 5.41) is 0. The summed E-state index contributed by atoms with van der Waals surface area (Å²) < 4.78 is 0. The fourth-order valence-electron chi connectivity index (χ4n) is 2.81. The molecule has 2 heterocycles. The number of hydrogen-bond donors (Lipinski definition) is 0. The number of carbonyl (C=O) groups excluding carboxylic acids is 2. The van der Waals surface area contributed by atoms with Gasteiger partial charge in [-0.05, 0) is 45.2 Å². The third-order valence-electron chi connectivity index (χ3n) is 4.04. The van der Waals surface area contributed by atoms with Gasteiger partial charge in [0.25, 0.3) is 5.91 Å². The lowest BCUT2D eigenvalue weighted by atomic mass is 10.0. The van der Waals surface area contributed by atoms with Gasteiger partial charge in [-0.25, -0.2) is 0 Å². The van der Waals surface area contributed by atoms with E-state index < -0.39 is 0 Å². The number of thiophene rings is 1. The van der Waals surface area contributed by atoms with Gasteiger partial charge >= 0.3 is 0 Å². The molecule has 1 aliphatic heterocycles. The molecule has 4 heteroatoms. The first-order valence-electron chi connectivity index (χ1n) is 7.36. The summed E-state index contributed by atoms with van der Waals surface area (Å²) in [7, 11) is 0. The molecular weight excluding hydrogens is 270 g/mol. The lowest BCUT2D eigenvalue weighted by Gasteiger charge is -2.29. The molecule has 2 rings (SSSR count). The van der Waals surface area contributed by atoms with Crippen molar-refractivity contribution in [2.24, 2.45) is 0 Å². The van der Waals surface area contributed by atoms with E-state index in [4.69, 9.17) is 0 Å². The van der Waals surface area contributed by atoms with E-state index in [2.05, 4.69) is 0 Å². The zero-order chi connectivity index (χ0) is 14.7. The number of ketones is 1. The summed E-state index contributed by atoms with van der Waals surface area (Å²) in [6.45, 7) is 6.49. The molecule has 0 spiro atoms. The van der Waals surface area contributed by atoms with Crippen LogP contribution in [0.3, 0.4) is 0 Å². The molecule has 1 unspecified atom stereocenters. The Bertz CT molecular complexity index is 487. The maximum Gasteiger partial charge on any atom is 0.264 e. The van der Waals surface area contributed by atoms with Gasteiger partial charge < -0.3 is 4.90 Å². The van der Waals surface area contributed by atoms with Crippen molar-refractivity contribution < 1.29 is 9.59 Å². The number of amides is 1. The van der Waals surface area contributed by atoms with E-state index in [-0.39, 0.29) is 17.7 Å². The van der Waals surface area contributed by atoms with Crippen LogP contribution in [0.25, 0.3) is 0 Å². The van der Waals surface area contributed by atoms with Gasteiger partial charge in [0.1, 0.15) is 5.78 Å². The van der Waals surface area contributed by atoms with Gasteiger partial charge in [-0.2, -0.15) is 0 Å². The Morgan fingerprint density at radius 1 is 1.30 bits per heavy atom. The second kappa shape index (κ2) is 6.53. The highest BCUT2D eigenvalue weighted by atomic mass is 32.1. The molecule has 1 aliphatic rings. The third kappa shape index (κ3) is 3.48. The van der Waals surface area contributed by atoms with Crippen LogP contribution in [0.15, 0.2) is 6.07 Å². The first-order chi connectivity index (χ1) is 9.49. The second-order valence-corrected chi connectivity index (χ2v) is 7.01. The minimum atomic E-state index is 0.0882. The molecule has 0 radical (unpaired) electrons. The third-order valence-corrected chi connectivity index (χ3v) is 5.18. The number of likely N-dealkylation sites (tertiary alicyclic amines) is 1. The van der Waals surface area contributed by atoms with Crippen LogP contribution in [0.4, 0.5) is 0 Å². The molecule has 0 N–H and O–H groups in total. The van der Waals surface area contributed by atoms with E-state index >= 15 is 0 Å². The Morgan fingerprint density at radius 3 is 2.65 bits per heavy atom. The Balaban J connectivity index is 2.20. The summed E-state index contributed by atoms with van der Waals surface area (Å²) in [6.07, 6.45) is 4.76. The molecule has 1 saturated heterocycles. The topological polar surface area (TPSA) is 37.4 Å². The summed E-state index contributed by atoms with van der Waals surface area (Å²) in [4.78, 5) is 28.1. The first kappa shape index (κ1) is 15.2. The van der Waals surface area contributed by atoms with Crippen molar-refractivity contribution >= 4 is 23.0 Å².